The number of carbonyl (C=O) groups is 2. The summed E-state index contributed by atoms with van der Waals surface area (Å²) in [6.45, 7) is 3.46. The number of methoxy groups -OCH3 is 1. The van der Waals surface area contributed by atoms with Gasteiger partial charge < -0.3 is 24.7 Å². The molecule has 1 aliphatic heterocycles. The van der Waals surface area contributed by atoms with E-state index in [-0.39, 0.29) is 11.8 Å². The molecule has 1 unspecified atom stereocenters. The number of aromatic nitrogens is 2. The van der Waals surface area contributed by atoms with Crippen molar-refractivity contribution >= 4 is 34.3 Å². The van der Waals surface area contributed by atoms with E-state index >= 15 is 0 Å². The summed E-state index contributed by atoms with van der Waals surface area (Å²) in [4.78, 5) is 30.2. The molecule has 4 rings (SSSR count). The van der Waals surface area contributed by atoms with Gasteiger partial charge in [-0.1, -0.05) is 25.7 Å². The first-order chi connectivity index (χ1) is 15.1. The Labute approximate surface area is 182 Å². The van der Waals surface area contributed by atoms with E-state index < -0.39 is 5.97 Å². The predicted molar refractivity (Wildman–Crippen MR) is 119 cm³/mol. The molecule has 0 radical (unpaired) electrons. The van der Waals surface area contributed by atoms with Gasteiger partial charge in [-0.05, 0) is 32.3 Å². The number of hydrogen-bond acceptors (Lipinski definition) is 6. The minimum atomic E-state index is -0.490. The molecule has 0 aromatic carbocycles. The van der Waals surface area contributed by atoms with Crippen LogP contribution in [0.5, 0.6) is 0 Å². The van der Waals surface area contributed by atoms with Crippen molar-refractivity contribution in [1.29, 1.82) is 0 Å². The van der Waals surface area contributed by atoms with Crippen LogP contribution < -0.4 is 10.6 Å². The van der Waals surface area contributed by atoms with Crippen LogP contribution in [0.15, 0.2) is 12.3 Å². The molecule has 3 heterocycles. The molecule has 2 aliphatic rings. The highest BCUT2D eigenvalue weighted by Gasteiger charge is 2.29. The van der Waals surface area contributed by atoms with Gasteiger partial charge in [0.15, 0.2) is 5.69 Å². The molecule has 1 atom stereocenters. The van der Waals surface area contributed by atoms with Crippen LogP contribution in [-0.4, -0.2) is 47.8 Å². The number of nitrogens with zero attached hydrogens (tertiary/aromatic N) is 2. The van der Waals surface area contributed by atoms with Crippen molar-refractivity contribution in [3.8, 4) is 0 Å². The number of hydrogen-bond donors (Lipinski definition) is 2. The third-order valence-electron chi connectivity index (χ3n) is 6.37. The number of ether oxygens (including phenoxy) is 2. The highest BCUT2D eigenvalue weighted by molar-refractivity contribution is 6.11. The van der Waals surface area contributed by atoms with Gasteiger partial charge >= 0.3 is 5.97 Å². The van der Waals surface area contributed by atoms with Gasteiger partial charge in [-0.2, -0.15) is 0 Å². The Hall–Kier alpha value is -2.61. The van der Waals surface area contributed by atoms with Crippen molar-refractivity contribution in [2.45, 2.75) is 64.5 Å². The first-order valence-electron chi connectivity index (χ1n) is 11.4. The summed E-state index contributed by atoms with van der Waals surface area (Å²) in [6.07, 6.45) is 9.83. The smallest absolute Gasteiger partial charge is 0.356 e. The van der Waals surface area contributed by atoms with Gasteiger partial charge in [0.05, 0.1) is 37.2 Å². The maximum Gasteiger partial charge on any atom is 0.356 e. The average molecular weight is 429 g/mol. The van der Waals surface area contributed by atoms with Gasteiger partial charge in [-0.15, -0.1) is 0 Å². The molecule has 2 aromatic rings. The number of anilines is 2. The van der Waals surface area contributed by atoms with Gasteiger partial charge in [0.1, 0.15) is 5.65 Å². The number of nitrogens with one attached hydrogen (secondary N) is 2. The summed E-state index contributed by atoms with van der Waals surface area (Å²) < 4.78 is 12.2. The summed E-state index contributed by atoms with van der Waals surface area (Å²) in [7, 11) is 1.35. The van der Waals surface area contributed by atoms with E-state index in [1.165, 1.54) is 32.8 Å². The quantitative estimate of drug-likeness (QED) is 0.534. The molecule has 8 nitrogen and oxygen atoms in total. The van der Waals surface area contributed by atoms with Crippen LogP contribution in [0, 0.1) is 5.92 Å². The summed E-state index contributed by atoms with van der Waals surface area (Å²) >= 11 is 0. The highest BCUT2D eigenvalue weighted by atomic mass is 16.5. The number of rotatable bonds is 6. The van der Waals surface area contributed by atoms with E-state index in [2.05, 4.69) is 15.6 Å². The number of esters is 1. The highest BCUT2D eigenvalue weighted by Crippen LogP contribution is 2.34. The minimum Gasteiger partial charge on any atom is -0.464 e. The van der Waals surface area contributed by atoms with Gasteiger partial charge in [0.25, 0.3) is 0 Å². The molecular weight excluding hydrogens is 396 g/mol. The zero-order valence-electron chi connectivity index (χ0n) is 18.4. The molecule has 1 aliphatic carbocycles. The van der Waals surface area contributed by atoms with Gasteiger partial charge in [-0.25, -0.2) is 9.78 Å². The third kappa shape index (κ3) is 4.54. The van der Waals surface area contributed by atoms with Crippen molar-refractivity contribution < 1.29 is 19.1 Å². The Morgan fingerprint density at radius 2 is 2.00 bits per heavy atom. The zero-order valence-corrected chi connectivity index (χ0v) is 18.4. The maximum absolute atomic E-state index is 12.9. The van der Waals surface area contributed by atoms with Gasteiger partial charge in [0, 0.05) is 24.6 Å². The van der Waals surface area contributed by atoms with Crippen LogP contribution in [0.3, 0.4) is 0 Å². The topological polar surface area (TPSA) is 94.5 Å². The van der Waals surface area contributed by atoms with E-state index in [0.717, 1.165) is 23.9 Å². The lowest BCUT2D eigenvalue weighted by molar-refractivity contribution is -0.119. The Balaban J connectivity index is 1.72. The standard InChI is InChI=1S/C23H32N4O4/c1-3-27-20(23(29)30-2)19(26-22(28)15-10-11-31-14-15)18-12-17(13-24-21(18)27)25-16-8-6-4-5-7-9-16/h12-13,15-16,25H,3-11,14H2,1-2H3,(H,26,28). The van der Waals surface area contributed by atoms with Crippen molar-refractivity contribution in [3.63, 3.8) is 0 Å². The summed E-state index contributed by atoms with van der Waals surface area (Å²) in [5.41, 5.74) is 2.36. The molecule has 2 fully saturated rings. The molecule has 168 valence electrons. The van der Waals surface area contributed by atoms with Crippen molar-refractivity contribution in [3.05, 3.63) is 18.0 Å². The van der Waals surface area contributed by atoms with Crippen LogP contribution in [0.25, 0.3) is 11.0 Å². The number of pyridine rings is 1. The van der Waals surface area contributed by atoms with Crippen LogP contribution in [-0.2, 0) is 20.8 Å². The fourth-order valence-corrected chi connectivity index (χ4v) is 4.67. The summed E-state index contributed by atoms with van der Waals surface area (Å²) in [6, 6.07) is 2.41. The first kappa shape index (κ1) is 21.6. The van der Waals surface area contributed by atoms with E-state index in [1.54, 1.807) is 4.57 Å². The van der Waals surface area contributed by atoms with Gasteiger partial charge in [0.2, 0.25) is 5.91 Å². The lowest BCUT2D eigenvalue weighted by Crippen LogP contribution is -2.24. The fraction of sp³-hybridized carbons (Fsp3) is 0.609. The van der Waals surface area contributed by atoms with Crippen LogP contribution in [0.1, 0.15) is 62.4 Å². The Bertz CT molecular complexity index is 941. The van der Waals surface area contributed by atoms with E-state index in [4.69, 9.17) is 9.47 Å². The molecule has 0 bridgehead atoms. The molecule has 2 N–H and O–H groups in total. The predicted octanol–water partition coefficient (Wildman–Crippen LogP) is 3.95. The number of carbonyl (C=O) groups excluding carboxylic acids is 2. The summed E-state index contributed by atoms with van der Waals surface area (Å²) in [5, 5.41) is 7.36. The first-order valence-corrected chi connectivity index (χ1v) is 11.4. The van der Waals surface area contributed by atoms with Crippen molar-refractivity contribution in [2.24, 2.45) is 5.92 Å². The molecule has 31 heavy (non-hydrogen) atoms. The van der Waals surface area contributed by atoms with Crippen molar-refractivity contribution in [2.75, 3.05) is 31.0 Å². The monoisotopic (exact) mass is 428 g/mol. The third-order valence-corrected chi connectivity index (χ3v) is 6.37. The largest absolute Gasteiger partial charge is 0.464 e. The second-order valence-corrected chi connectivity index (χ2v) is 8.44. The van der Waals surface area contributed by atoms with E-state index in [1.807, 2.05) is 19.2 Å². The molecule has 8 heteroatoms. The number of fused-ring (bicyclic) bond motifs is 1. The molecule has 1 saturated carbocycles. The fourth-order valence-electron chi connectivity index (χ4n) is 4.67. The van der Waals surface area contributed by atoms with Crippen LogP contribution in [0.2, 0.25) is 0 Å². The molecular formula is C23H32N4O4. The molecule has 0 spiro atoms. The zero-order chi connectivity index (χ0) is 21.8. The van der Waals surface area contributed by atoms with Crippen molar-refractivity contribution in [1.82, 2.24) is 9.55 Å². The maximum atomic E-state index is 12.9. The lowest BCUT2D eigenvalue weighted by Gasteiger charge is -2.17. The summed E-state index contributed by atoms with van der Waals surface area (Å²) in [5.74, 6) is -0.846. The van der Waals surface area contributed by atoms with Gasteiger partial charge in [-0.3, -0.25) is 4.79 Å². The lowest BCUT2D eigenvalue weighted by atomic mass is 10.1. The minimum absolute atomic E-state index is 0.139. The Kier molecular flexibility index (Phi) is 6.75. The number of amides is 1. The SMILES string of the molecule is CCn1c(C(=O)OC)c(NC(=O)C2CCOC2)c2cc(NC3CCCCCC3)cnc21. The normalized spacial score (nSPS) is 19.9. The molecule has 1 amide bonds. The van der Waals surface area contributed by atoms with E-state index in [0.29, 0.717) is 49.2 Å². The van der Waals surface area contributed by atoms with Crippen LogP contribution >= 0.6 is 0 Å². The second-order valence-electron chi connectivity index (χ2n) is 8.44. The van der Waals surface area contributed by atoms with Crippen LogP contribution in [0.4, 0.5) is 11.4 Å². The molecule has 1 saturated heterocycles. The Morgan fingerprint density at radius 1 is 1.23 bits per heavy atom. The number of aryl methyl sites for hydroxylation is 1. The average Bonchev–Trinajstić information content (AvgIpc) is 3.34. The Morgan fingerprint density at radius 3 is 2.65 bits per heavy atom. The van der Waals surface area contributed by atoms with E-state index in [9.17, 15) is 9.59 Å². The second kappa shape index (κ2) is 9.68. The molecule has 2 aromatic heterocycles.